The molecule has 3 N–H and O–H groups in total. The van der Waals surface area contributed by atoms with E-state index in [2.05, 4.69) is 0 Å². The molecule has 1 rings (SSSR count). The van der Waals surface area contributed by atoms with Gasteiger partial charge in [0.25, 0.3) is 6.47 Å². The third-order valence-corrected chi connectivity index (χ3v) is 2.05. The van der Waals surface area contributed by atoms with Crippen molar-refractivity contribution in [2.75, 3.05) is 0 Å². The van der Waals surface area contributed by atoms with Crippen molar-refractivity contribution >= 4 is 12.4 Å². The predicted molar refractivity (Wildman–Crippen MR) is 55.3 cm³/mol. The number of ether oxygens (including phenoxy) is 1. The molecule has 0 amide bonds. The maximum atomic E-state index is 11.4. The average molecular weight is 217 g/mol. The van der Waals surface area contributed by atoms with Crippen LogP contribution in [0.2, 0.25) is 0 Å². The zero-order chi connectivity index (χ0) is 12.1. The van der Waals surface area contributed by atoms with E-state index in [1.165, 1.54) is 0 Å². The molecule has 1 aliphatic carbocycles. The summed E-state index contributed by atoms with van der Waals surface area (Å²) >= 11 is 0. The second-order valence-corrected chi connectivity index (χ2v) is 4.62. The molecule has 15 heavy (non-hydrogen) atoms. The minimum absolute atomic E-state index is 0.249. The second-order valence-electron chi connectivity index (χ2n) is 4.62. The lowest BCUT2D eigenvalue weighted by molar-refractivity contribution is -0.165. The summed E-state index contributed by atoms with van der Waals surface area (Å²) in [7, 11) is 0. The first-order valence-corrected chi connectivity index (χ1v) is 4.85. The lowest BCUT2D eigenvalue weighted by atomic mass is 9.78. The number of carbonyl (C=O) groups is 2. The zero-order valence-electron chi connectivity index (χ0n) is 9.45. The first-order valence-electron chi connectivity index (χ1n) is 4.85. The van der Waals surface area contributed by atoms with E-state index >= 15 is 0 Å². The van der Waals surface area contributed by atoms with Crippen LogP contribution in [0.4, 0.5) is 0 Å². The van der Waals surface area contributed by atoms with Gasteiger partial charge in [-0.2, -0.15) is 0 Å². The number of nitrogens with two attached hydrogens (primary N) is 1. The molecule has 0 aromatic rings. The average Bonchev–Trinajstić information content (AvgIpc) is 1.98. The van der Waals surface area contributed by atoms with Crippen LogP contribution in [-0.2, 0) is 14.3 Å². The van der Waals surface area contributed by atoms with Gasteiger partial charge in [-0.15, -0.1) is 0 Å². The van der Waals surface area contributed by atoms with Crippen LogP contribution >= 0.6 is 0 Å². The smallest absolute Gasteiger partial charge is 0.326 e. The van der Waals surface area contributed by atoms with Crippen molar-refractivity contribution < 1.29 is 19.4 Å². The molecule has 5 nitrogen and oxygen atoms in total. The second kappa shape index (κ2) is 5.11. The van der Waals surface area contributed by atoms with Crippen LogP contribution < -0.4 is 5.73 Å². The molecular weight excluding hydrogens is 198 g/mol. The van der Waals surface area contributed by atoms with Gasteiger partial charge in [0.15, 0.2) is 0 Å². The van der Waals surface area contributed by atoms with Crippen molar-refractivity contribution in [3.05, 3.63) is 0 Å². The molecule has 88 valence electrons. The predicted octanol–water partition coefficient (Wildman–Crippen LogP) is 0.910. The lowest BCUT2D eigenvalue weighted by Crippen LogP contribution is -2.55. The van der Waals surface area contributed by atoms with E-state index in [0.717, 1.165) is 19.3 Å². The molecule has 5 heteroatoms. The summed E-state index contributed by atoms with van der Waals surface area (Å²) in [5.74, 6) is -0.249. The minimum Gasteiger partial charge on any atom is -0.483 e. The molecule has 0 unspecified atom stereocenters. The molecule has 0 bridgehead atoms. The Hall–Kier alpha value is -1.10. The third-order valence-electron chi connectivity index (χ3n) is 2.05. The normalized spacial score (nSPS) is 17.9. The molecule has 0 saturated heterocycles. The molecule has 1 fully saturated rings. The van der Waals surface area contributed by atoms with Crippen molar-refractivity contribution in [1.29, 1.82) is 0 Å². The Bertz CT molecular complexity index is 228. The summed E-state index contributed by atoms with van der Waals surface area (Å²) in [6, 6.07) is 0. The van der Waals surface area contributed by atoms with Crippen LogP contribution in [0.1, 0.15) is 40.0 Å². The Labute approximate surface area is 89.6 Å². The fraction of sp³-hybridized carbons (Fsp3) is 0.800. The number of rotatable bonds is 1. The number of carboxylic acid groups (broad SMARTS) is 1. The Morgan fingerprint density at radius 1 is 1.47 bits per heavy atom. The molecule has 0 aliphatic heterocycles. The molecule has 0 aromatic carbocycles. The van der Waals surface area contributed by atoms with E-state index in [4.69, 9.17) is 20.4 Å². The van der Waals surface area contributed by atoms with E-state index in [0.29, 0.717) is 0 Å². The minimum atomic E-state index is -0.673. The van der Waals surface area contributed by atoms with E-state index < -0.39 is 11.1 Å². The lowest BCUT2D eigenvalue weighted by Gasteiger charge is -2.37. The Balaban J connectivity index is 0.000000583. The first-order chi connectivity index (χ1) is 6.75. The number of carbonyl (C=O) groups excluding carboxylic acids is 1. The van der Waals surface area contributed by atoms with Crippen LogP contribution in [-0.4, -0.2) is 28.7 Å². The van der Waals surface area contributed by atoms with Crippen molar-refractivity contribution in [2.45, 2.75) is 51.2 Å². The van der Waals surface area contributed by atoms with Gasteiger partial charge in [0.1, 0.15) is 11.1 Å². The van der Waals surface area contributed by atoms with Gasteiger partial charge in [0.05, 0.1) is 0 Å². The standard InChI is InChI=1S/C9H17NO2.CH2O2/c1-8(2,3)12-7(11)9(10)5-4-6-9;2-1-3/h4-6,10H2,1-3H3;1H,(H,2,3). The SMILES string of the molecule is CC(C)(C)OC(=O)C1(N)CCC1.O=CO. The van der Waals surface area contributed by atoms with Gasteiger partial charge >= 0.3 is 5.97 Å². The van der Waals surface area contributed by atoms with Crippen LogP contribution in [0.25, 0.3) is 0 Å². The molecular formula is C10H19NO4. The topological polar surface area (TPSA) is 89.6 Å². The van der Waals surface area contributed by atoms with Crippen molar-refractivity contribution in [2.24, 2.45) is 5.73 Å². The van der Waals surface area contributed by atoms with Gasteiger partial charge in [-0.25, -0.2) is 0 Å². The van der Waals surface area contributed by atoms with E-state index in [-0.39, 0.29) is 12.4 Å². The summed E-state index contributed by atoms with van der Waals surface area (Å²) in [6.07, 6.45) is 2.57. The van der Waals surface area contributed by atoms with Gasteiger partial charge in [-0.1, -0.05) is 0 Å². The van der Waals surface area contributed by atoms with Gasteiger partial charge in [-0.05, 0) is 40.0 Å². The van der Waals surface area contributed by atoms with Crippen LogP contribution in [0.3, 0.4) is 0 Å². The van der Waals surface area contributed by atoms with Gasteiger partial charge in [-0.3, -0.25) is 9.59 Å². The zero-order valence-corrected chi connectivity index (χ0v) is 9.45. The molecule has 0 radical (unpaired) electrons. The molecule has 1 aliphatic rings. The summed E-state index contributed by atoms with van der Waals surface area (Å²) in [4.78, 5) is 19.8. The van der Waals surface area contributed by atoms with Crippen molar-refractivity contribution in [1.82, 2.24) is 0 Å². The maximum absolute atomic E-state index is 11.4. The van der Waals surface area contributed by atoms with Crippen LogP contribution in [0, 0.1) is 0 Å². The molecule has 0 spiro atoms. The Kier molecular flexibility index (Phi) is 4.74. The maximum Gasteiger partial charge on any atom is 0.326 e. The number of hydrogen-bond donors (Lipinski definition) is 2. The summed E-state index contributed by atoms with van der Waals surface area (Å²) in [6.45, 7) is 5.31. The van der Waals surface area contributed by atoms with Gasteiger partial charge in [0, 0.05) is 0 Å². The molecule has 0 atom stereocenters. The summed E-state index contributed by atoms with van der Waals surface area (Å²) in [5, 5.41) is 6.89. The fourth-order valence-corrected chi connectivity index (χ4v) is 1.14. The first kappa shape index (κ1) is 13.9. The van der Waals surface area contributed by atoms with Crippen molar-refractivity contribution in [3.63, 3.8) is 0 Å². The summed E-state index contributed by atoms with van der Waals surface area (Å²) in [5.41, 5.74) is 4.69. The van der Waals surface area contributed by atoms with Gasteiger partial charge < -0.3 is 15.6 Å². The highest BCUT2D eigenvalue weighted by atomic mass is 16.6. The largest absolute Gasteiger partial charge is 0.483 e. The number of hydrogen-bond acceptors (Lipinski definition) is 4. The van der Waals surface area contributed by atoms with Crippen molar-refractivity contribution in [3.8, 4) is 0 Å². The van der Waals surface area contributed by atoms with Crippen LogP contribution in [0.5, 0.6) is 0 Å². The quantitative estimate of drug-likeness (QED) is 0.503. The third kappa shape index (κ3) is 4.78. The molecule has 1 saturated carbocycles. The molecule has 0 aromatic heterocycles. The highest BCUT2D eigenvalue weighted by Crippen LogP contribution is 2.31. The monoisotopic (exact) mass is 217 g/mol. The Morgan fingerprint density at radius 3 is 2.07 bits per heavy atom. The van der Waals surface area contributed by atoms with E-state index in [9.17, 15) is 4.79 Å². The summed E-state index contributed by atoms with van der Waals surface area (Å²) < 4.78 is 5.18. The Morgan fingerprint density at radius 2 is 1.87 bits per heavy atom. The van der Waals surface area contributed by atoms with Gasteiger partial charge in [0.2, 0.25) is 0 Å². The van der Waals surface area contributed by atoms with Crippen LogP contribution in [0.15, 0.2) is 0 Å². The highest BCUT2D eigenvalue weighted by Gasteiger charge is 2.43. The van der Waals surface area contributed by atoms with E-state index in [1.54, 1.807) is 0 Å². The fourth-order valence-electron chi connectivity index (χ4n) is 1.14. The molecule has 0 heterocycles. The van der Waals surface area contributed by atoms with E-state index in [1.807, 2.05) is 20.8 Å². The highest BCUT2D eigenvalue weighted by molar-refractivity contribution is 5.81. The number of esters is 1.